The van der Waals surface area contributed by atoms with E-state index in [1.54, 1.807) is 0 Å². The Balaban J connectivity index is 2.69. The van der Waals surface area contributed by atoms with Crippen molar-refractivity contribution < 1.29 is 4.79 Å². The molecule has 1 amide bonds. The van der Waals surface area contributed by atoms with E-state index < -0.39 is 5.54 Å². The van der Waals surface area contributed by atoms with Gasteiger partial charge in [0.15, 0.2) is 0 Å². The molecule has 0 aromatic carbocycles. The lowest BCUT2D eigenvalue weighted by atomic mass is 9.94. The fourth-order valence-corrected chi connectivity index (χ4v) is 1.98. The van der Waals surface area contributed by atoms with E-state index in [1.165, 1.54) is 0 Å². The lowest BCUT2D eigenvalue weighted by Crippen LogP contribution is -2.62. The number of rotatable bonds is 3. The molecule has 0 spiro atoms. The van der Waals surface area contributed by atoms with Crippen molar-refractivity contribution in [2.75, 3.05) is 33.2 Å². The lowest BCUT2D eigenvalue weighted by molar-refractivity contribution is -0.134. The molecule has 5 heteroatoms. The molecule has 1 saturated heterocycles. The van der Waals surface area contributed by atoms with Crippen molar-refractivity contribution >= 4 is 5.91 Å². The average Bonchev–Trinajstić information content (AvgIpc) is 2.27. The zero-order valence-corrected chi connectivity index (χ0v) is 9.92. The van der Waals surface area contributed by atoms with Crippen molar-refractivity contribution in [1.29, 1.82) is 0 Å². The van der Waals surface area contributed by atoms with Crippen LogP contribution < -0.4 is 11.3 Å². The van der Waals surface area contributed by atoms with Gasteiger partial charge in [0.25, 0.3) is 5.91 Å². The summed E-state index contributed by atoms with van der Waals surface area (Å²) in [6, 6.07) is 0. The molecule has 1 aliphatic rings. The van der Waals surface area contributed by atoms with Crippen molar-refractivity contribution in [1.82, 2.24) is 15.2 Å². The van der Waals surface area contributed by atoms with Gasteiger partial charge < -0.3 is 4.90 Å². The van der Waals surface area contributed by atoms with E-state index in [4.69, 9.17) is 5.84 Å². The maximum absolute atomic E-state index is 11.8. The molecule has 0 aromatic rings. The van der Waals surface area contributed by atoms with E-state index in [9.17, 15) is 4.79 Å². The summed E-state index contributed by atoms with van der Waals surface area (Å²) >= 11 is 0. The fourth-order valence-electron chi connectivity index (χ4n) is 1.98. The van der Waals surface area contributed by atoms with Crippen LogP contribution in [0.5, 0.6) is 0 Å². The van der Waals surface area contributed by atoms with Crippen LogP contribution in [0.3, 0.4) is 0 Å². The molecule has 1 aliphatic heterocycles. The Hall–Kier alpha value is -0.650. The Morgan fingerprint density at radius 3 is 2.33 bits per heavy atom. The molecule has 15 heavy (non-hydrogen) atoms. The second kappa shape index (κ2) is 4.92. The molecule has 1 heterocycles. The highest BCUT2D eigenvalue weighted by molar-refractivity contribution is 5.85. The zero-order valence-electron chi connectivity index (χ0n) is 9.92. The maximum Gasteiger partial charge on any atom is 0.254 e. The SMILES string of the molecule is CC[C@](C)(C(=O)NN)N1CCN(C)CC1. The Morgan fingerprint density at radius 1 is 1.40 bits per heavy atom. The van der Waals surface area contributed by atoms with Crippen molar-refractivity contribution in [3.63, 3.8) is 0 Å². The van der Waals surface area contributed by atoms with Crippen LogP contribution in [0.4, 0.5) is 0 Å². The van der Waals surface area contributed by atoms with E-state index in [0.29, 0.717) is 0 Å². The van der Waals surface area contributed by atoms with Gasteiger partial charge in [0.2, 0.25) is 0 Å². The molecule has 0 aliphatic carbocycles. The van der Waals surface area contributed by atoms with Crippen LogP contribution >= 0.6 is 0 Å². The first kappa shape index (κ1) is 12.4. The summed E-state index contributed by atoms with van der Waals surface area (Å²) in [5.74, 6) is 5.14. The van der Waals surface area contributed by atoms with Crippen molar-refractivity contribution in [2.45, 2.75) is 25.8 Å². The summed E-state index contributed by atoms with van der Waals surface area (Å²) in [7, 11) is 2.10. The lowest BCUT2D eigenvalue weighted by Gasteiger charge is -2.43. The highest BCUT2D eigenvalue weighted by Gasteiger charge is 2.38. The predicted molar refractivity (Wildman–Crippen MR) is 60.1 cm³/mol. The van der Waals surface area contributed by atoms with E-state index in [-0.39, 0.29) is 5.91 Å². The number of hydrazine groups is 1. The molecule has 0 radical (unpaired) electrons. The highest BCUT2D eigenvalue weighted by Crippen LogP contribution is 2.20. The number of nitrogens with one attached hydrogen (secondary N) is 1. The number of piperazine rings is 1. The smallest absolute Gasteiger partial charge is 0.254 e. The van der Waals surface area contributed by atoms with Gasteiger partial charge in [-0.2, -0.15) is 0 Å². The van der Waals surface area contributed by atoms with E-state index in [2.05, 4.69) is 22.3 Å². The van der Waals surface area contributed by atoms with Gasteiger partial charge >= 0.3 is 0 Å². The third-order valence-corrected chi connectivity index (χ3v) is 3.51. The van der Waals surface area contributed by atoms with Gasteiger partial charge in [0.1, 0.15) is 0 Å². The molecule has 0 saturated carbocycles. The monoisotopic (exact) mass is 214 g/mol. The normalized spacial score (nSPS) is 23.5. The number of hydrogen-bond acceptors (Lipinski definition) is 4. The zero-order chi connectivity index (χ0) is 11.5. The first-order valence-corrected chi connectivity index (χ1v) is 5.49. The molecule has 5 nitrogen and oxygen atoms in total. The number of carbonyl (C=O) groups is 1. The predicted octanol–water partition coefficient (Wildman–Crippen LogP) is -0.608. The van der Waals surface area contributed by atoms with Gasteiger partial charge in [-0.3, -0.25) is 15.1 Å². The first-order valence-electron chi connectivity index (χ1n) is 5.49. The maximum atomic E-state index is 11.8. The molecular formula is C10H22N4O. The van der Waals surface area contributed by atoms with E-state index in [0.717, 1.165) is 32.6 Å². The number of nitrogens with zero attached hydrogens (tertiary/aromatic N) is 2. The summed E-state index contributed by atoms with van der Waals surface area (Å²) < 4.78 is 0. The molecule has 0 bridgehead atoms. The van der Waals surface area contributed by atoms with Crippen LogP contribution in [0.15, 0.2) is 0 Å². The van der Waals surface area contributed by atoms with Crippen LogP contribution in [-0.2, 0) is 4.79 Å². The van der Waals surface area contributed by atoms with Crippen molar-refractivity contribution in [2.24, 2.45) is 5.84 Å². The van der Waals surface area contributed by atoms with E-state index >= 15 is 0 Å². The fraction of sp³-hybridized carbons (Fsp3) is 0.900. The highest BCUT2D eigenvalue weighted by atomic mass is 16.2. The van der Waals surface area contributed by atoms with Crippen LogP contribution in [0.2, 0.25) is 0 Å². The Morgan fingerprint density at radius 2 is 1.93 bits per heavy atom. The molecule has 0 aromatic heterocycles. The topological polar surface area (TPSA) is 61.6 Å². The first-order chi connectivity index (χ1) is 7.04. The van der Waals surface area contributed by atoms with Crippen molar-refractivity contribution in [3.05, 3.63) is 0 Å². The molecule has 1 fully saturated rings. The van der Waals surface area contributed by atoms with Crippen LogP contribution in [0.1, 0.15) is 20.3 Å². The largest absolute Gasteiger partial charge is 0.304 e. The summed E-state index contributed by atoms with van der Waals surface area (Å²) in [5, 5.41) is 0. The Labute approximate surface area is 91.6 Å². The standard InChI is InChI=1S/C10H22N4O/c1-4-10(2,9(15)12-11)14-7-5-13(3)6-8-14/h4-8,11H2,1-3H3,(H,12,15)/t10-/m1/s1. The number of amides is 1. The van der Waals surface area contributed by atoms with Crippen LogP contribution in [0, 0.1) is 0 Å². The molecule has 3 N–H and O–H groups in total. The number of nitrogens with two attached hydrogens (primary N) is 1. The van der Waals surface area contributed by atoms with Crippen LogP contribution in [0.25, 0.3) is 0 Å². The summed E-state index contributed by atoms with van der Waals surface area (Å²) in [4.78, 5) is 16.2. The van der Waals surface area contributed by atoms with Gasteiger partial charge in [0, 0.05) is 26.2 Å². The minimum absolute atomic E-state index is 0.0884. The second-order valence-corrected chi connectivity index (χ2v) is 4.39. The summed E-state index contributed by atoms with van der Waals surface area (Å²) in [6.45, 7) is 7.84. The van der Waals surface area contributed by atoms with Crippen molar-refractivity contribution in [3.8, 4) is 0 Å². The molecular weight excluding hydrogens is 192 g/mol. The van der Waals surface area contributed by atoms with Gasteiger partial charge in [-0.25, -0.2) is 5.84 Å². The number of hydrogen-bond donors (Lipinski definition) is 2. The number of likely N-dealkylation sites (N-methyl/N-ethyl adjacent to an activating group) is 1. The van der Waals surface area contributed by atoms with Gasteiger partial charge in [-0.1, -0.05) is 6.92 Å². The molecule has 1 rings (SSSR count). The minimum Gasteiger partial charge on any atom is -0.304 e. The number of carbonyl (C=O) groups excluding carboxylic acids is 1. The van der Waals surface area contributed by atoms with Gasteiger partial charge in [0.05, 0.1) is 5.54 Å². The quantitative estimate of drug-likeness (QED) is 0.374. The minimum atomic E-state index is -0.462. The molecule has 88 valence electrons. The third kappa shape index (κ3) is 2.48. The van der Waals surface area contributed by atoms with Gasteiger partial charge in [-0.05, 0) is 20.4 Å². The Kier molecular flexibility index (Phi) is 4.07. The molecule has 1 atom stereocenters. The van der Waals surface area contributed by atoms with E-state index in [1.807, 2.05) is 13.8 Å². The van der Waals surface area contributed by atoms with Gasteiger partial charge in [-0.15, -0.1) is 0 Å². The summed E-state index contributed by atoms with van der Waals surface area (Å²) in [5.41, 5.74) is 1.81. The molecule has 0 unspecified atom stereocenters. The Bertz CT molecular complexity index is 225. The second-order valence-electron chi connectivity index (χ2n) is 4.39. The third-order valence-electron chi connectivity index (χ3n) is 3.51. The summed E-state index contributed by atoms with van der Waals surface area (Å²) in [6.07, 6.45) is 0.778. The average molecular weight is 214 g/mol. The van der Waals surface area contributed by atoms with Crippen LogP contribution in [-0.4, -0.2) is 54.5 Å².